The number of pyridine rings is 1. The molecule has 6 nitrogen and oxygen atoms in total. The predicted octanol–water partition coefficient (Wildman–Crippen LogP) is 2.45. The van der Waals surface area contributed by atoms with E-state index in [0.717, 1.165) is 32.4 Å². The SMILES string of the molecule is Nc1ccc2nc3ccc(SN4CC(O)C4)cc3c(NCCCO)c2c1. The van der Waals surface area contributed by atoms with E-state index in [0.29, 0.717) is 31.7 Å². The number of nitrogen functional groups attached to an aromatic ring is 1. The molecule has 4 rings (SSSR count). The van der Waals surface area contributed by atoms with E-state index in [2.05, 4.69) is 21.8 Å². The Kier molecular flexibility index (Phi) is 4.86. The molecule has 2 aromatic carbocycles. The number of aliphatic hydroxyl groups is 2. The summed E-state index contributed by atoms with van der Waals surface area (Å²) in [5.74, 6) is 0. The molecular weight excluding hydrogens is 348 g/mol. The van der Waals surface area contributed by atoms with Crippen LogP contribution in [0.25, 0.3) is 21.8 Å². The van der Waals surface area contributed by atoms with E-state index in [-0.39, 0.29) is 12.7 Å². The van der Waals surface area contributed by atoms with Crippen LogP contribution < -0.4 is 11.1 Å². The largest absolute Gasteiger partial charge is 0.399 e. The van der Waals surface area contributed by atoms with Crippen molar-refractivity contribution in [3.8, 4) is 0 Å². The van der Waals surface area contributed by atoms with Crippen LogP contribution in [0.15, 0.2) is 41.3 Å². The first-order valence-electron chi connectivity index (χ1n) is 8.73. The highest BCUT2D eigenvalue weighted by Crippen LogP contribution is 2.36. The summed E-state index contributed by atoms with van der Waals surface area (Å²) in [7, 11) is 0. The highest BCUT2D eigenvalue weighted by Gasteiger charge is 2.25. The lowest BCUT2D eigenvalue weighted by Crippen LogP contribution is -2.46. The van der Waals surface area contributed by atoms with Gasteiger partial charge in [-0.1, -0.05) is 0 Å². The Morgan fingerprint density at radius 2 is 1.88 bits per heavy atom. The molecule has 1 fully saturated rings. The van der Waals surface area contributed by atoms with Crippen molar-refractivity contribution >= 4 is 45.1 Å². The number of nitrogens with two attached hydrogens (primary N) is 1. The first kappa shape index (κ1) is 17.4. The topological polar surface area (TPSA) is 94.6 Å². The summed E-state index contributed by atoms with van der Waals surface area (Å²) < 4.78 is 2.14. The van der Waals surface area contributed by atoms with Crippen molar-refractivity contribution in [2.45, 2.75) is 17.4 Å². The molecule has 0 spiro atoms. The number of anilines is 2. The minimum absolute atomic E-state index is 0.147. The van der Waals surface area contributed by atoms with E-state index in [1.165, 1.54) is 0 Å². The third kappa shape index (κ3) is 3.43. The van der Waals surface area contributed by atoms with Gasteiger partial charge in [0.15, 0.2) is 0 Å². The van der Waals surface area contributed by atoms with Gasteiger partial charge in [-0.3, -0.25) is 0 Å². The molecular formula is C19H22N4O2S. The molecule has 7 heteroatoms. The van der Waals surface area contributed by atoms with Crippen molar-refractivity contribution in [2.75, 3.05) is 37.3 Å². The van der Waals surface area contributed by atoms with Crippen LogP contribution in [0.5, 0.6) is 0 Å². The number of benzene rings is 2. The van der Waals surface area contributed by atoms with Gasteiger partial charge in [0.25, 0.3) is 0 Å². The van der Waals surface area contributed by atoms with Gasteiger partial charge >= 0.3 is 0 Å². The number of hydrogen-bond donors (Lipinski definition) is 4. The lowest BCUT2D eigenvalue weighted by Gasteiger charge is -2.34. The summed E-state index contributed by atoms with van der Waals surface area (Å²) in [6.07, 6.45) is 0.459. The Bertz CT molecular complexity index is 944. The summed E-state index contributed by atoms with van der Waals surface area (Å²) >= 11 is 1.65. The first-order valence-corrected chi connectivity index (χ1v) is 9.50. The monoisotopic (exact) mass is 370 g/mol. The van der Waals surface area contributed by atoms with Crippen LogP contribution >= 0.6 is 11.9 Å². The molecule has 5 N–H and O–H groups in total. The Morgan fingerprint density at radius 3 is 2.62 bits per heavy atom. The van der Waals surface area contributed by atoms with Crippen molar-refractivity contribution < 1.29 is 10.2 Å². The predicted molar refractivity (Wildman–Crippen MR) is 107 cm³/mol. The maximum Gasteiger partial charge on any atom is 0.0812 e. The molecule has 1 aromatic heterocycles. The van der Waals surface area contributed by atoms with Gasteiger partial charge < -0.3 is 21.3 Å². The zero-order valence-corrected chi connectivity index (χ0v) is 15.2. The maximum atomic E-state index is 9.47. The summed E-state index contributed by atoms with van der Waals surface area (Å²) in [6.45, 7) is 2.21. The summed E-state index contributed by atoms with van der Waals surface area (Å²) in [4.78, 5) is 5.88. The molecule has 1 aliphatic rings. The van der Waals surface area contributed by atoms with Crippen LogP contribution in [0.2, 0.25) is 0 Å². The molecule has 2 heterocycles. The van der Waals surface area contributed by atoms with E-state index < -0.39 is 0 Å². The number of fused-ring (bicyclic) bond motifs is 2. The minimum Gasteiger partial charge on any atom is -0.399 e. The van der Waals surface area contributed by atoms with Gasteiger partial charge in [0, 0.05) is 47.6 Å². The van der Waals surface area contributed by atoms with Crippen LogP contribution in [-0.2, 0) is 0 Å². The lowest BCUT2D eigenvalue weighted by molar-refractivity contribution is 0.0616. The Morgan fingerprint density at radius 1 is 1.15 bits per heavy atom. The summed E-state index contributed by atoms with van der Waals surface area (Å²) in [6, 6.07) is 12.0. The molecule has 1 aliphatic heterocycles. The van der Waals surface area contributed by atoms with Gasteiger partial charge in [-0.25, -0.2) is 9.29 Å². The average Bonchev–Trinajstić information content (AvgIpc) is 2.60. The highest BCUT2D eigenvalue weighted by molar-refractivity contribution is 7.97. The number of nitrogens with zero attached hydrogens (tertiary/aromatic N) is 2. The van der Waals surface area contributed by atoms with Gasteiger partial charge in [0.05, 0.1) is 22.8 Å². The fraction of sp³-hybridized carbons (Fsp3) is 0.316. The second-order valence-electron chi connectivity index (χ2n) is 6.54. The van der Waals surface area contributed by atoms with Crippen molar-refractivity contribution in [1.29, 1.82) is 0 Å². The molecule has 0 radical (unpaired) electrons. The Balaban J connectivity index is 1.78. The molecule has 0 amide bonds. The molecule has 0 aliphatic carbocycles. The number of aromatic nitrogens is 1. The summed E-state index contributed by atoms with van der Waals surface area (Å²) in [5.41, 5.74) is 9.50. The van der Waals surface area contributed by atoms with Crippen molar-refractivity contribution in [2.24, 2.45) is 0 Å². The van der Waals surface area contributed by atoms with E-state index in [4.69, 9.17) is 15.8 Å². The smallest absolute Gasteiger partial charge is 0.0812 e. The standard InChI is InChI=1S/C19H22N4O2S/c20-12-2-4-17-15(8-12)19(21-6-1-7-24)16-9-14(3-5-18(16)22-17)26-23-10-13(25)11-23/h2-5,8-9,13,24-25H,1,6-7,10-11,20H2,(H,21,22). The normalized spacial score (nSPS) is 15.5. The molecule has 136 valence electrons. The Labute approximate surface area is 156 Å². The molecule has 0 unspecified atom stereocenters. The van der Waals surface area contributed by atoms with Gasteiger partial charge in [-0.2, -0.15) is 0 Å². The third-order valence-electron chi connectivity index (χ3n) is 4.47. The molecule has 3 aromatic rings. The lowest BCUT2D eigenvalue weighted by atomic mass is 10.1. The molecule has 0 atom stereocenters. The third-order valence-corrected chi connectivity index (χ3v) is 5.49. The van der Waals surface area contributed by atoms with E-state index in [1.54, 1.807) is 11.9 Å². The minimum atomic E-state index is -0.216. The number of hydrogen-bond acceptors (Lipinski definition) is 7. The van der Waals surface area contributed by atoms with Crippen molar-refractivity contribution in [3.63, 3.8) is 0 Å². The number of rotatable bonds is 6. The van der Waals surface area contributed by atoms with Crippen LogP contribution in [-0.4, -0.2) is 51.8 Å². The molecule has 1 saturated heterocycles. The van der Waals surface area contributed by atoms with E-state index in [9.17, 15) is 5.11 Å². The van der Waals surface area contributed by atoms with Crippen LogP contribution in [0, 0.1) is 0 Å². The van der Waals surface area contributed by atoms with Gasteiger partial charge in [0.2, 0.25) is 0 Å². The van der Waals surface area contributed by atoms with Gasteiger partial charge in [-0.15, -0.1) is 0 Å². The average molecular weight is 370 g/mol. The zero-order valence-electron chi connectivity index (χ0n) is 14.4. The van der Waals surface area contributed by atoms with Crippen LogP contribution in [0.4, 0.5) is 11.4 Å². The Hall–Kier alpha value is -2.06. The van der Waals surface area contributed by atoms with Crippen molar-refractivity contribution in [1.82, 2.24) is 9.29 Å². The zero-order chi connectivity index (χ0) is 18.1. The van der Waals surface area contributed by atoms with Crippen molar-refractivity contribution in [3.05, 3.63) is 36.4 Å². The first-order chi connectivity index (χ1) is 12.6. The maximum absolute atomic E-state index is 9.47. The second-order valence-corrected chi connectivity index (χ2v) is 7.71. The quantitative estimate of drug-likeness (QED) is 0.229. The van der Waals surface area contributed by atoms with Crippen LogP contribution in [0.3, 0.4) is 0 Å². The number of β-amino-alcohol motifs (C(OH)–C–C–N with tert-alkyl or cyclic N) is 1. The van der Waals surface area contributed by atoms with Gasteiger partial charge in [-0.05, 0) is 54.8 Å². The van der Waals surface area contributed by atoms with E-state index in [1.807, 2.05) is 24.3 Å². The van der Waals surface area contributed by atoms with Gasteiger partial charge in [0.1, 0.15) is 0 Å². The van der Waals surface area contributed by atoms with Crippen LogP contribution in [0.1, 0.15) is 6.42 Å². The highest BCUT2D eigenvalue weighted by atomic mass is 32.2. The molecule has 0 bridgehead atoms. The number of nitrogens with one attached hydrogen (secondary N) is 1. The molecule has 0 saturated carbocycles. The fourth-order valence-electron chi connectivity index (χ4n) is 3.12. The van der Waals surface area contributed by atoms with E-state index >= 15 is 0 Å². The molecule has 26 heavy (non-hydrogen) atoms. The summed E-state index contributed by atoms with van der Waals surface area (Å²) in [5, 5.41) is 24.1. The number of aliphatic hydroxyl groups excluding tert-OH is 2. The second kappa shape index (κ2) is 7.28. The fourth-order valence-corrected chi connectivity index (χ4v) is 4.21.